The van der Waals surface area contributed by atoms with Gasteiger partial charge in [0.1, 0.15) is 12.2 Å². The quantitative estimate of drug-likeness (QED) is 0.577. The van der Waals surface area contributed by atoms with Gasteiger partial charge in [-0.05, 0) is 42.0 Å². The van der Waals surface area contributed by atoms with Crippen molar-refractivity contribution >= 4 is 35.3 Å². The molecule has 0 aliphatic carbocycles. The molecule has 2 aromatic carbocycles. The molecule has 132 valence electrons. The molecule has 0 spiro atoms. The van der Waals surface area contributed by atoms with Crippen LogP contribution in [-0.4, -0.2) is 24.6 Å². The molecule has 0 aliphatic rings. The Balaban J connectivity index is 1.81. The number of rotatable bonds is 7. The Labute approximate surface area is 155 Å². The number of hydrogen-bond donors (Lipinski definition) is 2. The van der Waals surface area contributed by atoms with Gasteiger partial charge in [0.2, 0.25) is 0 Å². The lowest BCUT2D eigenvalue weighted by molar-refractivity contribution is -0.120. The number of nitrogens with zero attached hydrogens (tertiary/aromatic N) is 2. The largest absolute Gasteiger partial charge is 0.484 e. The summed E-state index contributed by atoms with van der Waals surface area (Å²) < 4.78 is 5.40. The van der Waals surface area contributed by atoms with E-state index >= 15 is 0 Å². The lowest BCUT2D eigenvalue weighted by atomic mass is 10.2. The number of carbonyl (C=O) groups is 2. The Morgan fingerprint density at radius 1 is 1.15 bits per heavy atom. The average molecular weight is 371 g/mol. The summed E-state index contributed by atoms with van der Waals surface area (Å²) in [7, 11) is 0. The third kappa shape index (κ3) is 6.26. The van der Waals surface area contributed by atoms with Crippen LogP contribution in [0.5, 0.6) is 5.75 Å². The van der Waals surface area contributed by atoms with Crippen LogP contribution in [0, 0.1) is 11.3 Å². The third-order valence-electron chi connectivity index (χ3n) is 3.04. The topological polar surface area (TPSA) is 104 Å². The molecule has 26 heavy (non-hydrogen) atoms. The van der Waals surface area contributed by atoms with E-state index in [0.717, 1.165) is 5.56 Å². The van der Waals surface area contributed by atoms with Crippen LogP contribution < -0.4 is 15.5 Å². The maximum atomic E-state index is 11.9. The number of nitriles is 1. The van der Waals surface area contributed by atoms with Gasteiger partial charge < -0.3 is 10.1 Å². The minimum Gasteiger partial charge on any atom is -0.484 e. The molecule has 2 amide bonds. The number of halogens is 1. The number of ether oxygens (including phenoxy) is 1. The number of hydrazone groups is 1. The van der Waals surface area contributed by atoms with Crippen molar-refractivity contribution in [3.63, 3.8) is 0 Å². The lowest BCUT2D eigenvalue weighted by Gasteiger charge is -2.08. The van der Waals surface area contributed by atoms with E-state index in [-0.39, 0.29) is 18.9 Å². The summed E-state index contributed by atoms with van der Waals surface area (Å²) in [6.45, 7) is -0.164. The first kappa shape index (κ1) is 19.0. The molecule has 2 aromatic rings. The highest BCUT2D eigenvalue weighted by molar-refractivity contribution is 6.33. The molecule has 2 N–H and O–H groups in total. The van der Waals surface area contributed by atoms with Crippen LogP contribution in [0.4, 0.5) is 5.69 Å². The van der Waals surface area contributed by atoms with Crippen molar-refractivity contribution in [3.8, 4) is 11.8 Å². The Morgan fingerprint density at radius 3 is 2.58 bits per heavy atom. The fourth-order valence-electron chi connectivity index (χ4n) is 1.84. The molecule has 0 fully saturated rings. The van der Waals surface area contributed by atoms with Crippen LogP contribution in [0.2, 0.25) is 5.02 Å². The van der Waals surface area contributed by atoms with Gasteiger partial charge in [0, 0.05) is 0 Å². The van der Waals surface area contributed by atoms with Crippen molar-refractivity contribution in [2.45, 2.75) is 6.42 Å². The van der Waals surface area contributed by atoms with Crippen LogP contribution in [0.3, 0.4) is 0 Å². The number of carbonyl (C=O) groups excluding carboxylic acids is 2. The van der Waals surface area contributed by atoms with Crippen LogP contribution in [0.25, 0.3) is 0 Å². The number of hydrogen-bond acceptors (Lipinski definition) is 5. The van der Waals surface area contributed by atoms with Crippen molar-refractivity contribution < 1.29 is 14.3 Å². The highest BCUT2D eigenvalue weighted by atomic mass is 35.5. The van der Waals surface area contributed by atoms with E-state index in [0.29, 0.717) is 16.5 Å². The van der Waals surface area contributed by atoms with E-state index in [1.807, 2.05) is 0 Å². The molecular weight excluding hydrogens is 356 g/mol. The SMILES string of the molecule is N#CCC(=O)N/N=C\c1ccc(OCC(=O)Nc2ccccc2Cl)cc1. The molecule has 0 atom stereocenters. The van der Waals surface area contributed by atoms with E-state index in [1.165, 1.54) is 6.21 Å². The van der Waals surface area contributed by atoms with Gasteiger partial charge in [-0.15, -0.1) is 0 Å². The number of benzene rings is 2. The van der Waals surface area contributed by atoms with Crippen molar-refractivity contribution in [1.82, 2.24) is 5.43 Å². The maximum absolute atomic E-state index is 11.9. The van der Waals surface area contributed by atoms with Crippen molar-refractivity contribution in [2.24, 2.45) is 5.10 Å². The average Bonchev–Trinajstić information content (AvgIpc) is 2.63. The van der Waals surface area contributed by atoms with Gasteiger partial charge in [-0.3, -0.25) is 9.59 Å². The summed E-state index contributed by atoms with van der Waals surface area (Å²) in [5.41, 5.74) is 3.47. The fraction of sp³-hybridized carbons (Fsp3) is 0.111. The maximum Gasteiger partial charge on any atom is 0.262 e. The molecule has 0 aliphatic heterocycles. The molecule has 0 radical (unpaired) electrons. The Kier molecular flexibility index (Phi) is 7.16. The highest BCUT2D eigenvalue weighted by Gasteiger charge is 2.06. The molecule has 0 saturated carbocycles. The van der Waals surface area contributed by atoms with Crippen molar-refractivity contribution in [1.29, 1.82) is 5.26 Å². The number of para-hydroxylation sites is 1. The predicted molar refractivity (Wildman–Crippen MR) is 98.0 cm³/mol. The Hall–Kier alpha value is -3.37. The molecule has 2 rings (SSSR count). The fourth-order valence-corrected chi connectivity index (χ4v) is 2.02. The van der Waals surface area contributed by atoms with E-state index < -0.39 is 5.91 Å². The van der Waals surface area contributed by atoms with Crippen LogP contribution in [-0.2, 0) is 9.59 Å². The van der Waals surface area contributed by atoms with Crippen LogP contribution in [0.15, 0.2) is 53.6 Å². The third-order valence-corrected chi connectivity index (χ3v) is 3.37. The predicted octanol–water partition coefficient (Wildman–Crippen LogP) is 2.72. The monoisotopic (exact) mass is 370 g/mol. The van der Waals surface area contributed by atoms with Gasteiger partial charge in [0.25, 0.3) is 11.8 Å². The summed E-state index contributed by atoms with van der Waals surface area (Å²) in [4.78, 5) is 23.0. The second-order valence-electron chi connectivity index (χ2n) is 5.01. The van der Waals surface area contributed by atoms with Gasteiger partial charge in [-0.25, -0.2) is 5.43 Å². The van der Waals surface area contributed by atoms with E-state index in [4.69, 9.17) is 21.6 Å². The highest BCUT2D eigenvalue weighted by Crippen LogP contribution is 2.20. The van der Waals surface area contributed by atoms with Gasteiger partial charge in [-0.2, -0.15) is 10.4 Å². The molecule has 0 heterocycles. The van der Waals surface area contributed by atoms with Crippen molar-refractivity contribution in [2.75, 3.05) is 11.9 Å². The molecule has 8 heteroatoms. The first-order valence-electron chi connectivity index (χ1n) is 7.54. The molecular formula is C18H15ClN4O3. The number of anilines is 1. The van der Waals surface area contributed by atoms with Gasteiger partial charge >= 0.3 is 0 Å². The summed E-state index contributed by atoms with van der Waals surface area (Å²) in [5, 5.41) is 15.2. The molecule has 0 bridgehead atoms. The lowest BCUT2D eigenvalue weighted by Crippen LogP contribution is -2.20. The Morgan fingerprint density at radius 2 is 1.88 bits per heavy atom. The minimum absolute atomic E-state index is 0.164. The van der Waals surface area contributed by atoms with Gasteiger partial charge in [0.15, 0.2) is 6.61 Å². The first-order valence-corrected chi connectivity index (χ1v) is 7.92. The normalized spacial score (nSPS) is 10.2. The van der Waals surface area contributed by atoms with E-state index in [9.17, 15) is 9.59 Å². The minimum atomic E-state index is -0.478. The first-order chi connectivity index (χ1) is 12.6. The Bertz CT molecular complexity index is 844. The smallest absolute Gasteiger partial charge is 0.262 e. The van der Waals surface area contributed by atoms with Crippen LogP contribution in [0.1, 0.15) is 12.0 Å². The summed E-state index contributed by atoms with van der Waals surface area (Å²) in [6, 6.07) is 15.4. The van der Waals surface area contributed by atoms with E-state index in [1.54, 1.807) is 54.6 Å². The molecule has 0 saturated heterocycles. The second-order valence-corrected chi connectivity index (χ2v) is 5.42. The zero-order valence-corrected chi connectivity index (χ0v) is 14.4. The number of amides is 2. The van der Waals surface area contributed by atoms with Crippen molar-refractivity contribution in [3.05, 3.63) is 59.1 Å². The second kappa shape index (κ2) is 9.81. The van der Waals surface area contributed by atoms with E-state index in [2.05, 4.69) is 15.8 Å². The van der Waals surface area contributed by atoms with Crippen LogP contribution >= 0.6 is 11.6 Å². The van der Waals surface area contributed by atoms with Gasteiger partial charge in [-0.1, -0.05) is 23.7 Å². The summed E-state index contributed by atoms with van der Waals surface area (Å²) in [5.74, 6) is -0.304. The standard InChI is InChI=1S/C18H15ClN4O3/c19-15-3-1-2-4-16(15)22-18(25)12-26-14-7-5-13(6-8-14)11-21-23-17(24)9-10-20/h1-8,11H,9,12H2,(H,22,25)(H,23,24)/b21-11-. The zero-order chi connectivity index (χ0) is 18.8. The molecule has 7 nitrogen and oxygen atoms in total. The molecule has 0 aromatic heterocycles. The number of nitrogens with one attached hydrogen (secondary N) is 2. The molecule has 0 unspecified atom stereocenters. The van der Waals surface area contributed by atoms with Gasteiger partial charge in [0.05, 0.1) is 23.0 Å². The zero-order valence-electron chi connectivity index (χ0n) is 13.6. The summed E-state index contributed by atoms with van der Waals surface area (Å²) in [6.07, 6.45) is 1.18. The summed E-state index contributed by atoms with van der Waals surface area (Å²) >= 11 is 5.97.